The Labute approximate surface area is 116 Å². The van der Waals surface area contributed by atoms with Crippen LogP contribution in [-0.2, 0) is 19.3 Å². The van der Waals surface area contributed by atoms with Gasteiger partial charge >= 0.3 is 0 Å². The molecule has 0 fully saturated rings. The van der Waals surface area contributed by atoms with Crippen LogP contribution in [0.15, 0.2) is 28.7 Å². The second kappa shape index (κ2) is 5.27. The first-order chi connectivity index (χ1) is 8.83. The smallest absolute Gasteiger partial charge is 0.0700 e. The van der Waals surface area contributed by atoms with Gasteiger partial charge in [0, 0.05) is 16.6 Å². The summed E-state index contributed by atoms with van der Waals surface area (Å²) in [5, 5.41) is 7.76. The van der Waals surface area contributed by atoms with Gasteiger partial charge in [0.15, 0.2) is 0 Å². The van der Waals surface area contributed by atoms with E-state index in [-0.39, 0.29) is 0 Å². The van der Waals surface area contributed by atoms with Crippen molar-refractivity contribution in [3.8, 4) is 0 Å². The summed E-state index contributed by atoms with van der Waals surface area (Å²) in [7, 11) is 0. The second-order valence-corrected chi connectivity index (χ2v) is 5.91. The molecule has 3 heteroatoms. The molecule has 0 atom stereocenters. The molecule has 1 aliphatic rings. The molecular formula is C15H17BrN2. The summed E-state index contributed by atoms with van der Waals surface area (Å²) in [6.07, 6.45) is 7.24. The van der Waals surface area contributed by atoms with E-state index < -0.39 is 0 Å². The van der Waals surface area contributed by atoms with Crippen LogP contribution >= 0.6 is 15.9 Å². The number of aromatic nitrogens is 2. The number of benzene rings is 1. The number of hydrogen-bond donors (Lipinski definition) is 1. The predicted molar refractivity (Wildman–Crippen MR) is 76.8 cm³/mol. The molecule has 2 aromatic rings. The molecule has 0 spiro atoms. The van der Waals surface area contributed by atoms with E-state index in [0.717, 1.165) is 10.9 Å². The van der Waals surface area contributed by atoms with Gasteiger partial charge < -0.3 is 0 Å². The average Bonchev–Trinajstić information content (AvgIpc) is 2.60. The van der Waals surface area contributed by atoms with Crippen LogP contribution in [0.1, 0.15) is 41.8 Å². The fraction of sp³-hybridized carbons (Fsp3) is 0.400. The van der Waals surface area contributed by atoms with Gasteiger partial charge in [0.2, 0.25) is 0 Å². The third-order valence-electron chi connectivity index (χ3n) is 3.65. The lowest BCUT2D eigenvalue weighted by atomic mass is 10.0. The number of aryl methyl sites for hydroxylation is 1. The number of aromatic amines is 1. The normalized spacial score (nSPS) is 15.2. The predicted octanol–water partition coefficient (Wildman–Crippen LogP) is 4.03. The molecule has 0 saturated carbocycles. The van der Waals surface area contributed by atoms with Crippen LogP contribution in [-0.4, -0.2) is 10.2 Å². The highest BCUT2D eigenvalue weighted by Gasteiger charge is 2.15. The van der Waals surface area contributed by atoms with E-state index in [1.54, 1.807) is 0 Å². The first kappa shape index (κ1) is 12.0. The minimum absolute atomic E-state index is 0.936. The quantitative estimate of drug-likeness (QED) is 0.834. The Kier molecular flexibility index (Phi) is 3.50. The molecule has 1 aliphatic carbocycles. The van der Waals surface area contributed by atoms with Gasteiger partial charge in [-0.2, -0.15) is 5.10 Å². The molecule has 0 radical (unpaired) electrons. The molecule has 18 heavy (non-hydrogen) atoms. The van der Waals surface area contributed by atoms with Crippen molar-refractivity contribution in [2.75, 3.05) is 0 Å². The monoisotopic (exact) mass is 304 g/mol. The SMILES string of the molecule is Brc1cccc(Cc2n[nH]c3c2CCCCC3)c1. The zero-order valence-corrected chi connectivity index (χ0v) is 12.0. The van der Waals surface area contributed by atoms with Crippen molar-refractivity contribution >= 4 is 15.9 Å². The molecule has 0 saturated heterocycles. The van der Waals surface area contributed by atoms with Gasteiger partial charge in [-0.1, -0.05) is 34.5 Å². The molecule has 1 N–H and O–H groups in total. The fourth-order valence-electron chi connectivity index (χ4n) is 2.71. The van der Waals surface area contributed by atoms with Gasteiger partial charge in [-0.15, -0.1) is 0 Å². The lowest BCUT2D eigenvalue weighted by Crippen LogP contribution is -1.95. The molecule has 1 aromatic heterocycles. The number of halogens is 1. The highest BCUT2D eigenvalue weighted by Crippen LogP contribution is 2.24. The maximum atomic E-state index is 4.52. The molecule has 2 nitrogen and oxygen atoms in total. The zero-order chi connectivity index (χ0) is 12.4. The van der Waals surface area contributed by atoms with Crippen molar-refractivity contribution in [1.29, 1.82) is 0 Å². The topological polar surface area (TPSA) is 28.7 Å². The molecule has 0 amide bonds. The summed E-state index contributed by atoms with van der Waals surface area (Å²) in [6.45, 7) is 0. The molecule has 3 rings (SSSR count). The number of fused-ring (bicyclic) bond motifs is 1. The number of nitrogens with zero attached hydrogens (tertiary/aromatic N) is 1. The molecular weight excluding hydrogens is 288 g/mol. The first-order valence-corrected chi connectivity index (χ1v) is 7.41. The van der Waals surface area contributed by atoms with Crippen molar-refractivity contribution in [1.82, 2.24) is 10.2 Å². The summed E-state index contributed by atoms with van der Waals surface area (Å²) in [6, 6.07) is 8.50. The zero-order valence-electron chi connectivity index (χ0n) is 10.4. The number of rotatable bonds is 2. The van der Waals surface area contributed by atoms with Crippen LogP contribution in [0.4, 0.5) is 0 Å². The Morgan fingerprint density at radius 3 is 2.94 bits per heavy atom. The number of nitrogens with one attached hydrogen (secondary N) is 1. The number of hydrogen-bond acceptors (Lipinski definition) is 1. The summed E-state index contributed by atoms with van der Waals surface area (Å²) >= 11 is 3.53. The lowest BCUT2D eigenvalue weighted by Gasteiger charge is -2.03. The molecule has 1 aromatic carbocycles. The van der Waals surface area contributed by atoms with Crippen LogP contribution in [0.2, 0.25) is 0 Å². The van der Waals surface area contributed by atoms with Crippen LogP contribution in [0.5, 0.6) is 0 Å². The third kappa shape index (κ3) is 2.51. The average molecular weight is 305 g/mol. The van der Waals surface area contributed by atoms with Crippen LogP contribution in [0.3, 0.4) is 0 Å². The van der Waals surface area contributed by atoms with E-state index in [4.69, 9.17) is 0 Å². The van der Waals surface area contributed by atoms with Crippen LogP contribution < -0.4 is 0 Å². The molecule has 94 valence electrons. The molecule has 0 unspecified atom stereocenters. The Hall–Kier alpha value is -1.09. The van der Waals surface area contributed by atoms with Gasteiger partial charge in [0.25, 0.3) is 0 Å². The van der Waals surface area contributed by atoms with Gasteiger partial charge in [0.05, 0.1) is 5.69 Å². The van der Waals surface area contributed by atoms with Crippen LogP contribution in [0, 0.1) is 0 Å². The lowest BCUT2D eigenvalue weighted by molar-refractivity contribution is 0.699. The molecule has 0 aliphatic heterocycles. The Bertz CT molecular complexity index is 545. The van der Waals surface area contributed by atoms with Crippen molar-refractivity contribution in [3.63, 3.8) is 0 Å². The summed E-state index contributed by atoms with van der Waals surface area (Å²) in [4.78, 5) is 0. The van der Waals surface area contributed by atoms with Gasteiger partial charge in [0.1, 0.15) is 0 Å². The maximum absolute atomic E-state index is 4.52. The summed E-state index contributed by atoms with van der Waals surface area (Å²) < 4.78 is 1.14. The minimum atomic E-state index is 0.936. The third-order valence-corrected chi connectivity index (χ3v) is 4.15. The van der Waals surface area contributed by atoms with Gasteiger partial charge in [-0.3, -0.25) is 5.10 Å². The highest BCUT2D eigenvalue weighted by molar-refractivity contribution is 9.10. The van der Waals surface area contributed by atoms with E-state index in [1.165, 1.54) is 54.6 Å². The van der Waals surface area contributed by atoms with Gasteiger partial charge in [-0.05, 0) is 48.9 Å². The molecule has 1 heterocycles. The van der Waals surface area contributed by atoms with Crippen LogP contribution in [0.25, 0.3) is 0 Å². The van der Waals surface area contributed by atoms with Gasteiger partial charge in [-0.25, -0.2) is 0 Å². The van der Waals surface area contributed by atoms with E-state index in [2.05, 4.69) is 50.4 Å². The number of H-pyrrole nitrogens is 1. The molecule has 0 bridgehead atoms. The fourth-order valence-corrected chi connectivity index (χ4v) is 3.16. The largest absolute Gasteiger partial charge is 0.282 e. The first-order valence-electron chi connectivity index (χ1n) is 6.62. The standard InChI is InChI=1S/C15H17BrN2/c16-12-6-4-5-11(9-12)10-15-13-7-2-1-3-8-14(13)17-18-15/h4-6,9H,1-3,7-8,10H2,(H,17,18). The summed E-state index contributed by atoms with van der Waals surface area (Å²) in [5.41, 5.74) is 5.41. The van der Waals surface area contributed by atoms with Crippen molar-refractivity contribution in [3.05, 3.63) is 51.3 Å². The maximum Gasteiger partial charge on any atom is 0.0700 e. The Morgan fingerprint density at radius 1 is 1.17 bits per heavy atom. The van der Waals surface area contributed by atoms with Crippen molar-refractivity contribution < 1.29 is 0 Å². The van der Waals surface area contributed by atoms with E-state index in [9.17, 15) is 0 Å². The van der Waals surface area contributed by atoms with E-state index in [0.29, 0.717) is 0 Å². The highest BCUT2D eigenvalue weighted by atomic mass is 79.9. The Balaban J connectivity index is 1.87. The Morgan fingerprint density at radius 2 is 2.06 bits per heavy atom. The van der Waals surface area contributed by atoms with Crippen molar-refractivity contribution in [2.45, 2.75) is 38.5 Å². The second-order valence-electron chi connectivity index (χ2n) is 4.99. The van der Waals surface area contributed by atoms with E-state index >= 15 is 0 Å². The summed E-state index contributed by atoms with van der Waals surface area (Å²) in [5.74, 6) is 0. The van der Waals surface area contributed by atoms with Crippen molar-refractivity contribution in [2.24, 2.45) is 0 Å². The van der Waals surface area contributed by atoms with E-state index in [1.807, 2.05) is 0 Å². The minimum Gasteiger partial charge on any atom is -0.282 e.